The van der Waals surface area contributed by atoms with Gasteiger partial charge in [0.2, 0.25) is 0 Å². The maximum atomic E-state index is 2.76. The van der Waals surface area contributed by atoms with Crippen LogP contribution in [0.1, 0.15) is 50.4 Å². The number of allylic oxidation sites excluding steroid dienone is 2. The predicted molar refractivity (Wildman–Crippen MR) is 109 cm³/mol. The van der Waals surface area contributed by atoms with Crippen LogP contribution < -0.4 is 0 Å². The Morgan fingerprint density at radius 3 is 1.60 bits per heavy atom. The van der Waals surface area contributed by atoms with Crippen LogP contribution in [0.2, 0.25) is 8.35 Å². The maximum absolute atomic E-state index is 3.49. The van der Waals surface area contributed by atoms with Crippen molar-refractivity contribution in [2.75, 3.05) is 0 Å². The molecule has 0 radical (unpaired) electrons. The van der Waals surface area contributed by atoms with Gasteiger partial charge in [0.15, 0.2) is 0 Å². The van der Waals surface area contributed by atoms with Gasteiger partial charge >= 0.3 is 153 Å². The summed E-state index contributed by atoms with van der Waals surface area (Å²) in [6.07, 6.45) is 9.88. The number of rotatable bonds is 4. The Balaban J connectivity index is 1.99. The van der Waals surface area contributed by atoms with Crippen molar-refractivity contribution in [3.05, 3.63) is 82.9 Å². The van der Waals surface area contributed by atoms with Crippen molar-refractivity contribution in [2.45, 2.75) is 36.5 Å². The summed E-state index contributed by atoms with van der Waals surface area (Å²) in [7, 11) is 0. The third-order valence-corrected chi connectivity index (χ3v) is 40.5. The van der Waals surface area contributed by atoms with Gasteiger partial charge in [0.25, 0.3) is 0 Å². The zero-order valence-electron chi connectivity index (χ0n) is 15.6. The summed E-state index contributed by atoms with van der Waals surface area (Å²) >= 11 is -3.49. The fourth-order valence-electron chi connectivity index (χ4n) is 5.88. The van der Waals surface area contributed by atoms with Gasteiger partial charge in [-0.05, 0) is 0 Å². The molecular weight excluding hydrogens is 467 g/mol. The van der Waals surface area contributed by atoms with Gasteiger partial charge in [0.05, 0.1) is 0 Å². The normalized spacial score (nSPS) is 21.3. The van der Waals surface area contributed by atoms with Crippen molar-refractivity contribution in [2.24, 2.45) is 0 Å². The topological polar surface area (TPSA) is 0 Å². The number of hydrogen-bond donors (Lipinski definition) is 0. The standard InChI is InChI=1S/2C9H7.2C2H5.C2H4.Hf/c2*1-2-5-9-7-3-6-8(9)4-1;3*1-2;/h2*1-7H;2*1H2,2H3;1H,2H3;. The zero-order chi connectivity index (χ0) is 17.5. The van der Waals surface area contributed by atoms with E-state index in [1.54, 1.807) is 11.1 Å². The molecule has 0 aromatic heterocycles. The van der Waals surface area contributed by atoms with E-state index in [-0.39, 0.29) is 0 Å². The van der Waals surface area contributed by atoms with Gasteiger partial charge in [0, 0.05) is 0 Å². The Bertz CT molecular complexity index is 867. The second-order valence-corrected chi connectivity index (χ2v) is 33.7. The van der Waals surface area contributed by atoms with E-state index in [4.69, 9.17) is 0 Å². The van der Waals surface area contributed by atoms with Crippen LogP contribution in [0.5, 0.6) is 0 Å². The molecule has 2 atom stereocenters. The Kier molecular flexibility index (Phi) is 4.19. The average Bonchev–Trinajstić information content (AvgIpc) is 3.31. The summed E-state index contributed by atoms with van der Waals surface area (Å²) in [5.74, 6) is 0. The summed E-state index contributed by atoms with van der Waals surface area (Å²) in [6, 6.07) is 18.1. The summed E-state index contributed by atoms with van der Waals surface area (Å²) in [6.45, 7) is 7.33. The molecule has 2 unspecified atom stereocenters. The average molecular weight is 495 g/mol. The molecule has 0 fully saturated rings. The van der Waals surface area contributed by atoms with Gasteiger partial charge in [-0.25, -0.2) is 0 Å². The Hall–Kier alpha value is -1.34. The van der Waals surface area contributed by atoms with E-state index < -0.39 is 18.0 Å². The van der Waals surface area contributed by atoms with Crippen molar-refractivity contribution in [1.82, 2.24) is 0 Å². The molecule has 0 nitrogen and oxygen atoms in total. The first-order valence-corrected chi connectivity index (χ1v) is 21.0. The van der Waals surface area contributed by atoms with Gasteiger partial charge in [-0.2, -0.15) is 0 Å². The van der Waals surface area contributed by atoms with E-state index in [0.29, 0.717) is 7.35 Å². The van der Waals surface area contributed by atoms with E-state index in [2.05, 4.69) is 97.4 Å². The van der Waals surface area contributed by atoms with Gasteiger partial charge in [-0.15, -0.1) is 0 Å². The fourth-order valence-corrected chi connectivity index (χ4v) is 32.8. The molecule has 0 bridgehead atoms. The SMILES string of the molecule is C[CH]=[Hf]([CH2]C)([CH2]C)([CH]1C=Cc2ccccc21)[CH]1C=Cc2ccccc21. The molecule has 2 aliphatic rings. The molecule has 4 rings (SSSR count). The second-order valence-electron chi connectivity index (χ2n) is 7.90. The molecular formula is C24H28Hf. The summed E-state index contributed by atoms with van der Waals surface area (Å²) in [4.78, 5) is 0. The van der Waals surface area contributed by atoms with Crippen LogP contribution >= 0.6 is 0 Å². The molecule has 0 saturated carbocycles. The quantitative estimate of drug-likeness (QED) is 0.405. The van der Waals surface area contributed by atoms with E-state index in [1.807, 2.05) is 0 Å². The Morgan fingerprint density at radius 1 is 0.760 bits per heavy atom. The van der Waals surface area contributed by atoms with Crippen molar-refractivity contribution in [1.29, 1.82) is 0 Å². The molecule has 0 heterocycles. The van der Waals surface area contributed by atoms with Crippen LogP contribution in [-0.2, 0) is 18.0 Å². The van der Waals surface area contributed by atoms with E-state index in [9.17, 15) is 0 Å². The number of hydrogen-bond acceptors (Lipinski definition) is 0. The third kappa shape index (κ3) is 2.18. The van der Waals surface area contributed by atoms with Crippen molar-refractivity contribution < 1.29 is 18.0 Å². The number of fused-ring (bicyclic) bond motifs is 2. The van der Waals surface area contributed by atoms with Crippen LogP contribution in [0.25, 0.3) is 12.2 Å². The second kappa shape index (κ2) is 6.13. The van der Waals surface area contributed by atoms with E-state index >= 15 is 0 Å². The molecule has 2 aromatic rings. The Labute approximate surface area is 152 Å². The molecule has 2 aromatic carbocycles. The van der Waals surface area contributed by atoms with E-state index in [0.717, 1.165) is 0 Å². The molecule has 0 saturated heterocycles. The molecule has 128 valence electrons. The van der Waals surface area contributed by atoms with Gasteiger partial charge in [-0.1, -0.05) is 0 Å². The first-order chi connectivity index (χ1) is 12.2. The summed E-state index contributed by atoms with van der Waals surface area (Å²) in [5, 5.41) is 0. The van der Waals surface area contributed by atoms with Gasteiger partial charge < -0.3 is 0 Å². The minimum absolute atomic E-state index is 0.633. The fraction of sp³-hybridized carbons (Fsp3) is 0.292. The molecule has 25 heavy (non-hydrogen) atoms. The number of benzene rings is 2. The van der Waals surface area contributed by atoms with Crippen LogP contribution in [0, 0.1) is 0 Å². The van der Waals surface area contributed by atoms with Crippen LogP contribution in [0.4, 0.5) is 0 Å². The zero-order valence-corrected chi connectivity index (χ0v) is 19.2. The molecule has 0 spiro atoms. The third-order valence-electron chi connectivity index (χ3n) is 7.66. The monoisotopic (exact) mass is 496 g/mol. The molecule has 2 aliphatic carbocycles. The van der Waals surface area contributed by atoms with Gasteiger partial charge in [-0.3, -0.25) is 0 Å². The summed E-state index contributed by atoms with van der Waals surface area (Å²) in [5.41, 5.74) is 6.04. The first-order valence-electron chi connectivity index (χ1n) is 9.71. The van der Waals surface area contributed by atoms with Crippen molar-refractivity contribution >= 4 is 15.9 Å². The molecule has 0 N–H and O–H groups in total. The van der Waals surface area contributed by atoms with E-state index in [1.165, 1.54) is 19.5 Å². The Morgan fingerprint density at radius 2 is 1.20 bits per heavy atom. The molecule has 0 aliphatic heterocycles. The summed E-state index contributed by atoms with van der Waals surface area (Å²) < 4.78 is 6.71. The molecule has 0 amide bonds. The minimum atomic E-state index is -3.49. The van der Waals surface area contributed by atoms with Crippen LogP contribution in [-0.4, -0.2) is 3.76 Å². The van der Waals surface area contributed by atoms with Crippen LogP contribution in [0.15, 0.2) is 60.7 Å². The van der Waals surface area contributed by atoms with Crippen molar-refractivity contribution in [3.8, 4) is 0 Å². The first kappa shape index (κ1) is 17.1. The predicted octanol–water partition coefficient (Wildman–Crippen LogP) is 6.91. The van der Waals surface area contributed by atoms with Crippen LogP contribution in [0.3, 0.4) is 0 Å². The molecule has 1 heteroatoms. The van der Waals surface area contributed by atoms with Crippen molar-refractivity contribution in [3.63, 3.8) is 0 Å². The van der Waals surface area contributed by atoms with Gasteiger partial charge in [0.1, 0.15) is 0 Å².